The van der Waals surface area contributed by atoms with Crippen LogP contribution in [-0.4, -0.2) is 28.6 Å². The van der Waals surface area contributed by atoms with Gasteiger partial charge in [0.25, 0.3) is 0 Å². The Kier molecular flexibility index (Phi) is 5.26. The summed E-state index contributed by atoms with van der Waals surface area (Å²) in [6.45, 7) is 2.55. The fourth-order valence-corrected chi connectivity index (χ4v) is 2.05. The molecular formula is C16H17ClN2O2. The van der Waals surface area contributed by atoms with Gasteiger partial charge < -0.3 is 9.84 Å². The predicted molar refractivity (Wildman–Crippen MR) is 82.7 cm³/mol. The van der Waals surface area contributed by atoms with E-state index in [4.69, 9.17) is 21.4 Å². The summed E-state index contributed by atoms with van der Waals surface area (Å²) < 4.78 is 7.09. The van der Waals surface area contributed by atoms with Crippen molar-refractivity contribution in [1.29, 1.82) is 0 Å². The summed E-state index contributed by atoms with van der Waals surface area (Å²) in [7, 11) is 1.63. The smallest absolute Gasteiger partial charge is 0.119 e. The first-order chi connectivity index (χ1) is 10.2. The molecule has 0 saturated carbocycles. The molecule has 110 valence electrons. The zero-order valence-electron chi connectivity index (χ0n) is 12.1. The number of hydrogen-bond acceptors (Lipinski definition) is 3. The van der Waals surface area contributed by atoms with Crippen LogP contribution in [0.1, 0.15) is 23.2 Å². The summed E-state index contributed by atoms with van der Waals surface area (Å²) in [5, 5.41) is 13.7. The average molecular weight is 305 g/mol. The molecule has 1 aromatic heterocycles. The van der Waals surface area contributed by atoms with Crippen molar-refractivity contribution in [1.82, 2.24) is 9.78 Å². The third kappa shape index (κ3) is 3.78. The van der Waals surface area contributed by atoms with E-state index in [9.17, 15) is 0 Å². The van der Waals surface area contributed by atoms with Crippen molar-refractivity contribution in [3.63, 3.8) is 0 Å². The Morgan fingerprint density at radius 2 is 2.24 bits per heavy atom. The zero-order chi connectivity index (χ0) is 15.2. The van der Waals surface area contributed by atoms with Gasteiger partial charge in [-0.05, 0) is 30.7 Å². The Morgan fingerprint density at radius 1 is 1.43 bits per heavy atom. The third-order valence-electron chi connectivity index (χ3n) is 3.14. The van der Waals surface area contributed by atoms with E-state index in [0.717, 1.165) is 22.6 Å². The highest BCUT2D eigenvalue weighted by Crippen LogP contribution is 2.20. The van der Waals surface area contributed by atoms with Crippen molar-refractivity contribution in [2.75, 3.05) is 13.7 Å². The van der Waals surface area contributed by atoms with Crippen molar-refractivity contribution >= 4 is 11.6 Å². The van der Waals surface area contributed by atoms with E-state index >= 15 is 0 Å². The molecule has 0 aliphatic carbocycles. The molecule has 0 saturated heterocycles. The summed E-state index contributed by atoms with van der Waals surface area (Å²) in [5.74, 6) is 6.78. The molecule has 2 aromatic rings. The van der Waals surface area contributed by atoms with Gasteiger partial charge in [-0.25, -0.2) is 0 Å². The number of methoxy groups -OCH3 is 1. The number of aromatic nitrogens is 2. The minimum Gasteiger partial charge on any atom is -0.497 e. The van der Waals surface area contributed by atoms with Crippen LogP contribution < -0.4 is 4.74 Å². The molecule has 0 radical (unpaired) electrons. The number of aliphatic hydroxyl groups excluding tert-OH is 1. The Bertz CT molecular complexity index is 683. The van der Waals surface area contributed by atoms with Crippen LogP contribution in [0.15, 0.2) is 24.4 Å². The Morgan fingerprint density at radius 3 is 2.86 bits per heavy atom. The van der Waals surface area contributed by atoms with Crippen LogP contribution in [0, 0.1) is 18.8 Å². The lowest BCUT2D eigenvalue weighted by atomic mass is 10.1. The van der Waals surface area contributed by atoms with Crippen LogP contribution in [0.4, 0.5) is 0 Å². The SMILES string of the molecule is COc1ccc(C#CCCO)c(Cn2ncc(Cl)c2C)c1. The Labute approximate surface area is 129 Å². The van der Waals surface area contributed by atoms with E-state index in [-0.39, 0.29) is 6.61 Å². The molecule has 21 heavy (non-hydrogen) atoms. The molecule has 0 aliphatic heterocycles. The molecular weight excluding hydrogens is 288 g/mol. The van der Waals surface area contributed by atoms with Crippen molar-refractivity contribution in [3.8, 4) is 17.6 Å². The summed E-state index contributed by atoms with van der Waals surface area (Å²) in [6.07, 6.45) is 2.09. The van der Waals surface area contributed by atoms with Gasteiger partial charge in [0.15, 0.2) is 0 Å². The number of nitrogens with zero attached hydrogens (tertiary/aromatic N) is 2. The first-order valence-corrected chi connectivity index (χ1v) is 6.98. The maximum absolute atomic E-state index is 8.82. The monoisotopic (exact) mass is 304 g/mol. The van der Waals surface area contributed by atoms with Crippen LogP contribution in [0.5, 0.6) is 5.75 Å². The van der Waals surface area contributed by atoms with Crippen LogP contribution in [0.25, 0.3) is 0 Å². The fourth-order valence-electron chi connectivity index (χ4n) is 1.91. The normalized spacial score (nSPS) is 10.1. The molecule has 1 N–H and O–H groups in total. The largest absolute Gasteiger partial charge is 0.497 e. The van der Waals surface area contributed by atoms with E-state index in [1.54, 1.807) is 13.3 Å². The molecule has 2 rings (SSSR count). The average Bonchev–Trinajstić information content (AvgIpc) is 2.81. The van der Waals surface area contributed by atoms with Gasteiger partial charge in [-0.1, -0.05) is 23.4 Å². The van der Waals surface area contributed by atoms with Crippen LogP contribution >= 0.6 is 11.6 Å². The lowest BCUT2D eigenvalue weighted by Crippen LogP contribution is -2.05. The standard InChI is InChI=1S/C16H17ClN2O2/c1-12-16(17)10-18-19(12)11-14-9-15(21-2)7-6-13(14)5-3-4-8-20/h6-7,9-10,20H,4,8,11H2,1-2H3. The number of ether oxygens (including phenoxy) is 1. The van der Waals surface area contributed by atoms with E-state index < -0.39 is 0 Å². The Hall–Kier alpha value is -1.96. The molecule has 1 heterocycles. The Balaban J connectivity index is 2.35. The second-order valence-corrected chi connectivity index (χ2v) is 4.94. The predicted octanol–water partition coefficient (Wildman–Crippen LogP) is 2.64. The third-order valence-corrected chi connectivity index (χ3v) is 3.51. The highest BCUT2D eigenvalue weighted by Gasteiger charge is 2.08. The molecule has 0 amide bonds. The summed E-state index contributed by atoms with van der Waals surface area (Å²) in [6, 6.07) is 5.73. The molecule has 4 nitrogen and oxygen atoms in total. The van der Waals surface area contributed by atoms with Gasteiger partial charge in [0.05, 0.1) is 37.2 Å². The summed E-state index contributed by atoms with van der Waals surface area (Å²) in [4.78, 5) is 0. The zero-order valence-corrected chi connectivity index (χ0v) is 12.8. The molecule has 0 unspecified atom stereocenters. The van der Waals surface area contributed by atoms with E-state index in [1.807, 2.05) is 29.8 Å². The van der Waals surface area contributed by atoms with Gasteiger partial charge in [0.2, 0.25) is 0 Å². The molecule has 0 fully saturated rings. The van der Waals surface area contributed by atoms with Gasteiger partial charge in [-0.3, -0.25) is 4.68 Å². The molecule has 0 bridgehead atoms. The van der Waals surface area contributed by atoms with E-state index in [1.165, 1.54) is 0 Å². The number of halogens is 1. The number of rotatable bonds is 4. The summed E-state index contributed by atoms with van der Waals surface area (Å²) in [5.41, 5.74) is 2.81. The van der Waals surface area contributed by atoms with Crippen molar-refractivity contribution < 1.29 is 9.84 Å². The highest BCUT2D eigenvalue weighted by molar-refractivity contribution is 6.31. The van der Waals surface area contributed by atoms with Crippen molar-refractivity contribution in [2.24, 2.45) is 0 Å². The van der Waals surface area contributed by atoms with Crippen LogP contribution in [0.2, 0.25) is 5.02 Å². The van der Waals surface area contributed by atoms with Gasteiger partial charge in [0, 0.05) is 12.0 Å². The highest BCUT2D eigenvalue weighted by atomic mass is 35.5. The van der Waals surface area contributed by atoms with Crippen LogP contribution in [0.3, 0.4) is 0 Å². The molecule has 0 atom stereocenters. The first kappa shape index (κ1) is 15.4. The molecule has 0 aliphatic rings. The second-order valence-electron chi connectivity index (χ2n) is 4.53. The number of hydrogen-bond donors (Lipinski definition) is 1. The maximum atomic E-state index is 8.82. The topological polar surface area (TPSA) is 47.3 Å². The lowest BCUT2D eigenvalue weighted by Gasteiger charge is -2.09. The van der Waals surface area contributed by atoms with Gasteiger partial charge in [-0.15, -0.1) is 0 Å². The van der Waals surface area contributed by atoms with Crippen molar-refractivity contribution in [2.45, 2.75) is 19.9 Å². The van der Waals surface area contributed by atoms with E-state index in [2.05, 4.69) is 16.9 Å². The first-order valence-electron chi connectivity index (χ1n) is 6.60. The van der Waals surface area contributed by atoms with Gasteiger partial charge in [-0.2, -0.15) is 5.10 Å². The number of aliphatic hydroxyl groups is 1. The lowest BCUT2D eigenvalue weighted by molar-refractivity contribution is 0.305. The fraction of sp³-hybridized carbons (Fsp3) is 0.312. The molecule has 1 aromatic carbocycles. The maximum Gasteiger partial charge on any atom is 0.119 e. The quantitative estimate of drug-likeness (QED) is 0.883. The van der Waals surface area contributed by atoms with Gasteiger partial charge in [0.1, 0.15) is 5.75 Å². The minimum absolute atomic E-state index is 0.0619. The summed E-state index contributed by atoms with van der Waals surface area (Å²) >= 11 is 6.03. The molecule has 5 heteroatoms. The van der Waals surface area contributed by atoms with E-state index in [0.29, 0.717) is 18.0 Å². The minimum atomic E-state index is 0.0619. The molecule has 0 spiro atoms. The van der Waals surface area contributed by atoms with Crippen LogP contribution in [-0.2, 0) is 6.54 Å². The number of benzene rings is 1. The van der Waals surface area contributed by atoms with Gasteiger partial charge >= 0.3 is 0 Å². The second kappa shape index (κ2) is 7.16. The van der Waals surface area contributed by atoms with Crippen molar-refractivity contribution in [3.05, 3.63) is 46.2 Å².